The van der Waals surface area contributed by atoms with E-state index in [2.05, 4.69) is 12.2 Å². The molecule has 0 aromatic carbocycles. The summed E-state index contributed by atoms with van der Waals surface area (Å²) < 4.78 is 0. The van der Waals surface area contributed by atoms with Gasteiger partial charge in [-0.05, 0) is 25.7 Å². The minimum absolute atomic E-state index is 1.23. The molecule has 1 nitrogen and oxygen atoms in total. The Balaban J connectivity index is 2.59. The first-order chi connectivity index (χ1) is 4.38. The summed E-state index contributed by atoms with van der Waals surface area (Å²) in [6.45, 7) is 2.23. The van der Waals surface area contributed by atoms with Gasteiger partial charge in [-0.25, -0.2) is 0 Å². The molecule has 0 aliphatic heterocycles. The molecule has 0 saturated heterocycles. The van der Waals surface area contributed by atoms with Gasteiger partial charge >= 0.3 is 0 Å². The maximum absolute atomic E-state index is 3.24. The van der Waals surface area contributed by atoms with Crippen LogP contribution < -0.4 is 5.32 Å². The summed E-state index contributed by atoms with van der Waals surface area (Å²) >= 11 is 0. The molecular weight excluding hydrogens is 110 g/mol. The predicted molar refractivity (Wildman–Crippen MR) is 40.2 cm³/mol. The minimum atomic E-state index is 1.23. The summed E-state index contributed by atoms with van der Waals surface area (Å²) in [4.78, 5) is 0. The van der Waals surface area contributed by atoms with E-state index in [1.807, 2.05) is 7.05 Å². The third-order valence-electron chi connectivity index (χ3n) is 2.06. The molecule has 1 heteroatoms. The Kier molecular flexibility index (Phi) is 2.15. The molecule has 0 unspecified atom stereocenters. The molecule has 0 heterocycles. The van der Waals surface area contributed by atoms with Gasteiger partial charge in [-0.15, -0.1) is 0 Å². The van der Waals surface area contributed by atoms with Crippen molar-refractivity contribution in [1.82, 2.24) is 5.32 Å². The zero-order valence-electron chi connectivity index (χ0n) is 6.33. The molecule has 0 fully saturated rings. The molecule has 0 radical (unpaired) electrons. The molecule has 0 amide bonds. The molecule has 52 valence electrons. The first-order valence-electron chi connectivity index (χ1n) is 3.77. The molecule has 0 saturated carbocycles. The highest BCUT2D eigenvalue weighted by Gasteiger charge is 2.09. The summed E-state index contributed by atoms with van der Waals surface area (Å²) in [6, 6.07) is 0. The largest absolute Gasteiger partial charge is 0.391 e. The monoisotopic (exact) mass is 125 g/mol. The van der Waals surface area contributed by atoms with E-state index in [9.17, 15) is 0 Å². The highest BCUT2D eigenvalue weighted by Crippen LogP contribution is 2.25. The molecule has 1 aliphatic carbocycles. The topological polar surface area (TPSA) is 12.0 Å². The summed E-state index contributed by atoms with van der Waals surface area (Å²) in [5.74, 6) is 0. The summed E-state index contributed by atoms with van der Waals surface area (Å²) in [5.41, 5.74) is 3.13. The van der Waals surface area contributed by atoms with Crippen LogP contribution in [-0.4, -0.2) is 7.05 Å². The Bertz CT molecular complexity index is 111. The predicted octanol–water partition coefficient (Wildman–Crippen LogP) is 2.05. The highest BCUT2D eigenvalue weighted by atomic mass is 14.8. The summed E-state index contributed by atoms with van der Waals surface area (Å²) in [7, 11) is 2.02. The Labute approximate surface area is 57.1 Å². The molecule has 0 bridgehead atoms. The van der Waals surface area contributed by atoms with Crippen molar-refractivity contribution in [3.05, 3.63) is 11.3 Å². The average Bonchev–Trinajstić information content (AvgIpc) is 2.33. The maximum Gasteiger partial charge on any atom is 0.00959 e. The lowest BCUT2D eigenvalue weighted by Crippen LogP contribution is -2.04. The average molecular weight is 125 g/mol. The standard InChI is InChI=1S/C8H15N/c1-3-7-5-4-6-8(7)9-2/h9H,3-6H2,1-2H3. The van der Waals surface area contributed by atoms with Crippen molar-refractivity contribution in [3.63, 3.8) is 0 Å². The van der Waals surface area contributed by atoms with Crippen LogP contribution in [0.5, 0.6) is 0 Å². The van der Waals surface area contributed by atoms with E-state index in [4.69, 9.17) is 0 Å². The quantitative estimate of drug-likeness (QED) is 0.595. The van der Waals surface area contributed by atoms with Crippen molar-refractivity contribution in [2.75, 3.05) is 7.05 Å². The van der Waals surface area contributed by atoms with Crippen LogP contribution in [0.1, 0.15) is 32.6 Å². The molecule has 1 N–H and O–H groups in total. The van der Waals surface area contributed by atoms with Crippen LogP contribution in [0.15, 0.2) is 11.3 Å². The zero-order valence-corrected chi connectivity index (χ0v) is 6.33. The first-order valence-corrected chi connectivity index (χ1v) is 3.77. The van der Waals surface area contributed by atoms with Crippen molar-refractivity contribution in [3.8, 4) is 0 Å². The third-order valence-corrected chi connectivity index (χ3v) is 2.06. The molecule has 0 spiro atoms. The Hall–Kier alpha value is -0.460. The van der Waals surface area contributed by atoms with Crippen LogP contribution in [0.2, 0.25) is 0 Å². The van der Waals surface area contributed by atoms with Gasteiger partial charge in [0.05, 0.1) is 0 Å². The lowest BCUT2D eigenvalue weighted by Gasteiger charge is -2.02. The van der Waals surface area contributed by atoms with Gasteiger partial charge in [0.15, 0.2) is 0 Å². The van der Waals surface area contributed by atoms with E-state index in [0.717, 1.165) is 0 Å². The molecule has 0 aromatic heterocycles. The van der Waals surface area contributed by atoms with E-state index in [1.54, 1.807) is 5.57 Å². The lowest BCUT2D eigenvalue weighted by atomic mass is 10.2. The van der Waals surface area contributed by atoms with E-state index < -0.39 is 0 Å². The fourth-order valence-corrected chi connectivity index (χ4v) is 1.50. The number of rotatable bonds is 2. The first kappa shape index (κ1) is 6.66. The second-order valence-corrected chi connectivity index (χ2v) is 2.54. The number of hydrogen-bond donors (Lipinski definition) is 1. The molecule has 0 atom stereocenters. The van der Waals surface area contributed by atoms with E-state index in [0.29, 0.717) is 0 Å². The van der Waals surface area contributed by atoms with Crippen molar-refractivity contribution in [1.29, 1.82) is 0 Å². The van der Waals surface area contributed by atoms with Gasteiger partial charge < -0.3 is 5.32 Å². The molecule has 9 heavy (non-hydrogen) atoms. The van der Waals surface area contributed by atoms with Gasteiger partial charge in [0.2, 0.25) is 0 Å². The van der Waals surface area contributed by atoms with Crippen molar-refractivity contribution in [2.45, 2.75) is 32.6 Å². The fraction of sp³-hybridized carbons (Fsp3) is 0.750. The van der Waals surface area contributed by atoms with E-state index in [1.165, 1.54) is 31.4 Å². The summed E-state index contributed by atoms with van der Waals surface area (Å²) in [6.07, 6.45) is 5.20. The maximum atomic E-state index is 3.24. The minimum Gasteiger partial charge on any atom is -0.391 e. The van der Waals surface area contributed by atoms with Gasteiger partial charge in [0.1, 0.15) is 0 Å². The molecular formula is C8H15N. The third kappa shape index (κ3) is 1.26. The van der Waals surface area contributed by atoms with Crippen molar-refractivity contribution < 1.29 is 0 Å². The van der Waals surface area contributed by atoms with Gasteiger partial charge in [0.25, 0.3) is 0 Å². The number of nitrogens with one attached hydrogen (secondary N) is 1. The van der Waals surface area contributed by atoms with Crippen LogP contribution in [0.4, 0.5) is 0 Å². The van der Waals surface area contributed by atoms with Crippen LogP contribution in [0.25, 0.3) is 0 Å². The van der Waals surface area contributed by atoms with Gasteiger partial charge in [0, 0.05) is 12.7 Å². The smallest absolute Gasteiger partial charge is 0.00959 e. The van der Waals surface area contributed by atoms with Crippen molar-refractivity contribution in [2.24, 2.45) is 0 Å². The van der Waals surface area contributed by atoms with E-state index >= 15 is 0 Å². The molecule has 1 aliphatic rings. The van der Waals surface area contributed by atoms with Crippen LogP contribution in [-0.2, 0) is 0 Å². The molecule has 1 rings (SSSR count). The van der Waals surface area contributed by atoms with Gasteiger partial charge in [-0.2, -0.15) is 0 Å². The van der Waals surface area contributed by atoms with Crippen LogP contribution >= 0.6 is 0 Å². The van der Waals surface area contributed by atoms with Gasteiger partial charge in [-0.3, -0.25) is 0 Å². The summed E-state index contributed by atoms with van der Waals surface area (Å²) in [5, 5.41) is 3.24. The second-order valence-electron chi connectivity index (χ2n) is 2.54. The Morgan fingerprint density at radius 1 is 1.44 bits per heavy atom. The van der Waals surface area contributed by atoms with Gasteiger partial charge in [-0.1, -0.05) is 12.5 Å². The Morgan fingerprint density at radius 2 is 2.22 bits per heavy atom. The fourth-order valence-electron chi connectivity index (χ4n) is 1.50. The van der Waals surface area contributed by atoms with E-state index in [-0.39, 0.29) is 0 Å². The molecule has 0 aromatic rings. The number of hydrogen-bond acceptors (Lipinski definition) is 1. The SMILES string of the molecule is CCC1=C(NC)CCC1. The lowest BCUT2D eigenvalue weighted by molar-refractivity contribution is 0.844. The Morgan fingerprint density at radius 3 is 2.67 bits per heavy atom. The highest BCUT2D eigenvalue weighted by molar-refractivity contribution is 5.16. The van der Waals surface area contributed by atoms with Crippen LogP contribution in [0.3, 0.4) is 0 Å². The van der Waals surface area contributed by atoms with Crippen molar-refractivity contribution >= 4 is 0 Å². The van der Waals surface area contributed by atoms with Crippen LogP contribution in [0, 0.1) is 0 Å². The zero-order chi connectivity index (χ0) is 6.69. The normalized spacial score (nSPS) is 18.9. The second kappa shape index (κ2) is 2.90. The number of allylic oxidation sites excluding steroid dienone is 2.